The molecule has 2 rings (SSSR count). The van der Waals surface area contributed by atoms with Gasteiger partial charge < -0.3 is 15.2 Å². The van der Waals surface area contributed by atoms with Crippen LogP contribution in [0.1, 0.15) is 22.8 Å². The molecule has 0 aliphatic rings. The van der Waals surface area contributed by atoms with Crippen LogP contribution in [0.4, 0.5) is 4.39 Å². The van der Waals surface area contributed by atoms with Crippen molar-refractivity contribution in [3.63, 3.8) is 0 Å². The summed E-state index contributed by atoms with van der Waals surface area (Å²) in [5.74, 6) is -0.336. The van der Waals surface area contributed by atoms with E-state index in [1.165, 1.54) is 12.1 Å². The highest BCUT2D eigenvalue weighted by Gasteiger charge is 2.10. The number of halogens is 2. The Morgan fingerprint density at radius 2 is 2.09 bits per heavy atom. The summed E-state index contributed by atoms with van der Waals surface area (Å²) in [6.07, 6.45) is -0.624. The van der Waals surface area contributed by atoms with Crippen molar-refractivity contribution in [2.45, 2.75) is 19.6 Å². The molecule has 0 spiro atoms. The first-order valence-corrected chi connectivity index (χ1v) is 7.47. The van der Waals surface area contributed by atoms with Crippen LogP contribution in [0.25, 0.3) is 0 Å². The number of amides is 1. The Hall–Kier alpha value is -2.11. The maximum Gasteiger partial charge on any atom is 0.251 e. The lowest BCUT2D eigenvalue weighted by Gasteiger charge is -2.11. The van der Waals surface area contributed by atoms with Gasteiger partial charge in [0.25, 0.3) is 5.91 Å². The zero-order valence-electron chi connectivity index (χ0n) is 12.6. The van der Waals surface area contributed by atoms with E-state index in [1.807, 2.05) is 0 Å². The third kappa shape index (κ3) is 4.94. The molecule has 0 saturated carbocycles. The summed E-state index contributed by atoms with van der Waals surface area (Å²) < 4.78 is 19.2. The highest BCUT2D eigenvalue weighted by molar-refractivity contribution is 6.31. The second kappa shape index (κ2) is 7.94. The molecule has 2 aromatic carbocycles. The van der Waals surface area contributed by atoms with Crippen LogP contribution in [-0.4, -0.2) is 23.7 Å². The van der Waals surface area contributed by atoms with Gasteiger partial charge >= 0.3 is 0 Å². The van der Waals surface area contributed by atoms with E-state index in [9.17, 15) is 14.3 Å². The van der Waals surface area contributed by atoms with Crippen molar-refractivity contribution < 1.29 is 19.0 Å². The van der Waals surface area contributed by atoms with Crippen LogP contribution in [-0.2, 0) is 6.61 Å². The van der Waals surface area contributed by atoms with Gasteiger partial charge in [-0.2, -0.15) is 0 Å². The molecular formula is C17H17ClFNO3. The van der Waals surface area contributed by atoms with Gasteiger partial charge in [-0.15, -0.1) is 0 Å². The van der Waals surface area contributed by atoms with Gasteiger partial charge in [0.1, 0.15) is 18.2 Å². The maximum absolute atomic E-state index is 13.7. The molecule has 0 heterocycles. The number of rotatable bonds is 6. The number of hydrogen-bond donors (Lipinski definition) is 2. The number of hydrogen-bond acceptors (Lipinski definition) is 3. The van der Waals surface area contributed by atoms with Gasteiger partial charge in [-0.3, -0.25) is 4.79 Å². The molecule has 0 fully saturated rings. The minimum Gasteiger partial charge on any atom is -0.489 e. The van der Waals surface area contributed by atoms with Crippen molar-refractivity contribution in [2.75, 3.05) is 6.54 Å². The first-order valence-electron chi connectivity index (χ1n) is 7.09. The number of carbonyl (C=O) groups excluding carboxylic acids is 1. The molecule has 122 valence electrons. The third-order valence-corrected chi connectivity index (χ3v) is 3.45. The quantitative estimate of drug-likeness (QED) is 0.851. The van der Waals surface area contributed by atoms with Crippen molar-refractivity contribution in [1.82, 2.24) is 5.32 Å². The molecule has 1 atom stereocenters. The van der Waals surface area contributed by atoms with E-state index in [0.29, 0.717) is 11.3 Å². The van der Waals surface area contributed by atoms with Gasteiger partial charge in [-0.25, -0.2) is 4.39 Å². The smallest absolute Gasteiger partial charge is 0.251 e. The van der Waals surface area contributed by atoms with E-state index in [1.54, 1.807) is 37.3 Å². The van der Waals surface area contributed by atoms with Crippen LogP contribution < -0.4 is 10.1 Å². The Balaban J connectivity index is 2.04. The van der Waals surface area contributed by atoms with Crippen LogP contribution >= 0.6 is 11.6 Å². The topological polar surface area (TPSA) is 58.6 Å². The molecule has 2 aromatic rings. The van der Waals surface area contributed by atoms with Crippen molar-refractivity contribution >= 4 is 17.5 Å². The number of aliphatic hydroxyl groups excluding tert-OH is 1. The van der Waals surface area contributed by atoms with Crippen LogP contribution in [0.2, 0.25) is 5.02 Å². The number of benzene rings is 2. The minimum absolute atomic E-state index is 0.0374. The highest BCUT2D eigenvalue weighted by Crippen LogP contribution is 2.22. The summed E-state index contributed by atoms with van der Waals surface area (Å²) >= 11 is 5.94. The summed E-state index contributed by atoms with van der Waals surface area (Å²) in [6, 6.07) is 10.9. The molecule has 0 radical (unpaired) electrons. The Labute approximate surface area is 138 Å². The van der Waals surface area contributed by atoms with E-state index in [0.717, 1.165) is 0 Å². The van der Waals surface area contributed by atoms with Crippen molar-refractivity contribution in [3.8, 4) is 5.75 Å². The van der Waals surface area contributed by atoms with Crippen LogP contribution in [0, 0.1) is 5.82 Å². The lowest BCUT2D eigenvalue weighted by Crippen LogP contribution is -2.30. The van der Waals surface area contributed by atoms with Crippen molar-refractivity contribution in [2.24, 2.45) is 0 Å². The maximum atomic E-state index is 13.7. The van der Waals surface area contributed by atoms with Crippen LogP contribution in [0.5, 0.6) is 5.75 Å². The second-order valence-corrected chi connectivity index (χ2v) is 5.48. The van der Waals surface area contributed by atoms with E-state index in [-0.39, 0.29) is 29.6 Å². The molecular weight excluding hydrogens is 321 g/mol. The standard InChI is InChI=1S/C17H17ClFNO3/c1-11(21)9-20-17(22)12-4-2-5-13(8-12)23-10-14-15(18)6-3-7-16(14)19/h2-8,11,21H,9-10H2,1H3,(H,20,22). The zero-order chi connectivity index (χ0) is 16.8. The average Bonchev–Trinajstić information content (AvgIpc) is 2.52. The number of nitrogens with one attached hydrogen (secondary N) is 1. The van der Waals surface area contributed by atoms with Crippen molar-refractivity contribution in [3.05, 3.63) is 64.4 Å². The Kier molecular flexibility index (Phi) is 5.96. The SMILES string of the molecule is CC(O)CNC(=O)c1cccc(OCc2c(F)cccc2Cl)c1. The molecule has 23 heavy (non-hydrogen) atoms. The highest BCUT2D eigenvalue weighted by atomic mass is 35.5. The zero-order valence-corrected chi connectivity index (χ0v) is 13.3. The molecule has 6 heteroatoms. The van der Waals surface area contributed by atoms with Crippen LogP contribution in [0.15, 0.2) is 42.5 Å². The molecule has 0 bridgehead atoms. The Bertz CT molecular complexity index is 671. The molecule has 1 amide bonds. The summed E-state index contributed by atoms with van der Waals surface area (Å²) in [7, 11) is 0. The average molecular weight is 338 g/mol. The number of carbonyl (C=O) groups is 1. The molecule has 2 N–H and O–H groups in total. The van der Waals surface area contributed by atoms with Gasteiger partial charge in [0.05, 0.1) is 11.1 Å². The van der Waals surface area contributed by atoms with E-state index in [2.05, 4.69) is 5.32 Å². The predicted octanol–water partition coefficient (Wildman–Crippen LogP) is 3.17. The van der Waals surface area contributed by atoms with Gasteiger partial charge in [0.15, 0.2) is 0 Å². The molecule has 0 aliphatic heterocycles. The summed E-state index contributed by atoms with van der Waals surface area (Å²) in [4.78, 5) is 11.9. The van der Waals surface area contributed by atoms with E-state index < -0.39 is 11.9 Å². The van der Waals surface area contributed by atoms with Crippen LogP contribution in [0.3, 0.4) is 0 Å². The Morgan fingerprint density at radius 1 is 1.35 bits per heavy atom. The number of ether oxygens (including phenoxy) is 1. The monoisotopic (exact) mass is 337 g/mol. The first kappa shape index (κ1) is 17.2. The predicted molar refractivity (Wildman–Crippen MR) is 86.2 cm³/mol. The van der Waals surface area contributed by atoms with Gasteiger partial charge in [-0.1, -0.05) is 23.7 Å². The normalized spacial score (nSPS) is 11.8. The minimum atomic E-state index is -0.624. The van der Waals surface area contributed by atoms with Gasteiger partial charge in [0.2, 0.25) is 0 Å². The fourth-order valence-corrected chi connectivity index (χ4v) is 2.11. The summed E-state index contributed by atoms with van der Waals surface area (Å²) in [5, 5.41) is 12.1. The Morgan fingerprint density at radius 3 is 2.78 bits per heavy atom. The number of aliphatic hydroxyl groups is 1. The molecule has 0 aliphatic carbocycles. The van der Waals surface area contributed by atoms with E-state index in [4.69, 9.17) is 16.3 Å². The fourth-order valence-electron chi connectivity index (χ4n) is 1.90. The van der Waals surface area contributed by atoms with Crippen molar-refractivity contribution in [1.29, 1.82) is 0 Å². The summed E-state index contributed by atoms with van der Waals surface area (Å²) in [5.41, 5.74) is 0.654. The largest absolute Gasteiger partial charge is 0.489 e. The molecule has 1 unspecified atom stereocenters. The lowest BCUT2D eigenvalue weighted by molar-refractivity contribution is 0.0923. The van der Waals surface area contributed by atoms with Gasteiger partial charge in [-0.05, 0) is 37.3 Å². The molecule has 4 nitrogen and oxygen atoms in total. The molecule has 0 saturated heterocycles. The van der Waals surface area contributed by atoms with E-state index >= 15 is 0 Å². The van der Waals surface area contributed by atoms with Gasteiger partial charge in [0, 0.05) is 17.7 Å². The summed E-state index contributed by atoms with van der Waals surface area (Å²) in [6.45, 7) is 1.71. The first-order chi connectivity index (χ1) is 11.0. The molecule has 0 aromatic heterocycles. The third-order valence-electron chi connectivity index (χ3n) is 3.10. The fraction of sp³-hybridized carbons (Fsp3) is 0.235. The second-order valence-electron chi connectivity index (χ2n) is 5.08. The lowest BCUT2D eigenvalue weighted by atomic mass is 10.2.